The van der Waals surface area contributed by atoms with Gasteiger partial charge in [-0.3, -0.25) is 4.79 Å². The summed E-state index contributed by atoms with van der Waals surface area (Å²) < 4.78 is 5.49. The van der Waals surface area contributed by atoms with E-state index in [4.69, 9.17) is 16.3 Å². The van der Waals surface area contributed by atoms with Crippen molar-refractivity contribution >= 4 is 17.5 Å². The van der Waals surface area contributed by atoms with Crippen LogP contribution in [0, 0.1) is 5.92 Å². The molecule has 110 valence electrons. The third kappa shape index (κ3) is 4.39. The van der Waals surface area contributed by atoms with Crippen molar-refractivity contribution in [1.29, 1.82) is 0 Å². The maximum Gasteiger partial charge on any atom is 0.260 e. The third-order valence-electron chi connectivity index (χ3n) is 3.64. The first-order valence-electron chi connectivity index (χ1n) is 7.00. The number of amides is 1. The number of hydrogen-bond acceptors (Lipinski definition) is 3. The minimum Gasteiger partial charge on any atom is -0.484 e. The largest absolute Gasteiger partial charge is 0.484 e. The summed E-state index contributed by atoms with van der Waals surface area (Å²) in [6.07, 6.45) is 2.13. The van der Waals surface area contributed by atoms with Gasteiger partial charge in [0.25, 0.3) is 5.91 Å². The number of rotatable bonds is 5. The second-order valence-corrected chi connectivity index (χ2v) is 5.56. The molecule has 0 bridgehead atoms. The minimum absolute atomic E-state index is 0.0582. The first-order valence-corrected chi connectivity index (χ1v) is 7.37. The number of nitrogens with zero attached hydrogens (tertiary/aromatic N) is 1. The molecule has 1 saturated heterocycles. The highest BCUT2D eigenvalue weighted by Gasteiger charge is 2.22. The highest BCUT2D eigenvalue weighted by atomic mass is 35.5. The Morgan fingerprint density at radius 1 is 1.35 bits per heavy atom. The van der Waals surface area contributed by atoms with Crippen LogP contribution < -0.4 is 10.1 Å². The molecule has 1 N–H and O–H groups in total. The first kappa shape index (κ1) is 15.1. The summed E-state index contributed by atoms with van der Waals surface area (Å²) in [6, 6.07) is 7.05. The second kappa shape index (κ2) is 7.50. The van der Waals surface area contributed by atoms with Crippen molar-refractivity contribution in [2.75, 3.05) is 33.3 Å². The Balaban J connectivity index is 1.74. The third-order valence-corrected chi connectivity index (χ3v) is 3.89. The molecule has 0 unspecified atom stereocenters. The molecular formula is C15H21ClN2O2. The van der Waals surface area contributed by atoms with E-state index < -0.39 is 0 Å². The van der Waals surface area contributed by atoms with E-state index in [0.717, 1.165) is 32.5 Å². The van der Waals surface area contributed by atoms with Crippen molar-refractivity contribution < 1.29 is 9.53 Å². The number of hydrogen-bond donors (Lipinski definition) is 1. The van der Waals surface area contributed by atoms with Crippen molar-refractivity contribution in [3.63, 3.8) is 0 Å². The first-order chi connectivity index (χ1) is 9.69. The molecule has 2 rings (SSSR count). The van der Waals surface area contributed by atoms with E-state index >= 15 is 0 Å². The maximum atomic E-state index is 12.1. The highest BCUT2D eigenvalue weighted by Crippen LogP contribution is 2.18. The minimum atomic E-state index is 0.0582. The number of piperidine rings is 1. The van der Waals surface area contributed by atoms with E-state index in [0.29, 0.717) is 16.7 Å². The summed E-state index contributed by atoms with van der Waals surface area (Å²) in [5.41, 5.74) is 0. The van der Waals surface area contributed by atoms with Gasteiger partial charge in [-0.25, -0.2) is 0 Å². The number of benzene rings is 1. The fourth-order valence-corrected chi connectivity index (χ4v) is 2.57. The lowest BCUT2D eigenvalue weighted by Crippen LogP contribution is -2.42. The molecule has 1 amide bonds. The van der Waals surface area contributed by atoms with E-state index in [1.54, 1.807) is 24.3 Å². The van der Waals surface area contributed by atoms with E-state index in [-0.39, 0.29) is 12.5 Å². The van der Waals surface area contributed by atoms with Gasteiger partial charge in [0, 0.05) is 18.1 Å². The zero-order chi connectivity index (χ0) is 14.4. The normalized spacial score (nSPS) is 16.2. The van der Waals surface area contributed by atoms with Gasteiger partial charge in [0.1, 0.15) is 5.75 Å². The van der Waals surface area contributed by atoms with Crippen LogP contribution in [0.25, 0.3) is 0 Å². The Hall–Kier alpha value is -1.26. The van der Waals surface area contributed by atoms with Gasteiger partial charge in [0.15, 0.2) is 6.61 Å². The average molecular weight is 297 g/mol. The Kier molecular flexibility index (Phi) is 5.68. The second-order valence-electron chi connectivity index (χ2n) is 5.12. The summed E-state index contributed by atoms with van der Waals surface area (Å²) in [5, 5.41) is 3.86. The summed E-state index contributed by atoms with van der Waals surface area (Å²) in [4.78, 5) is 14.0. The molecule has 0 aromatic heterocycles. The number of carbonyl (C=O) groups is 1. The van der Waals surface area contributed by atoms with Gasteiger partial charge in [-0.05, 0) is 56.6 Å². The van der Waals surface area contributed by atoms with Crippen molar-refractivity contribution in [3.05, 3.63) is 29.3 Å². The van der Waals surface area contributed by atoms with Gasteiger partial charge in [0.05, 0.1) is 0 Å². The van der Waals surface area contributed by atoms with Crippen molar-refractivity contribution in [2.24, 2.45) is 5.92 Å². The van der Waals surface area contributed by atoms with Crippen LogP contribution in [0.15, 0.2) is 24.3 Å². The van der Waals surface area contributed by atoms with Crippen LogP contribution in [-0.2, 0) is 4.79 Å². The van der Waals surface area contributed by atoms with E-state index in [1.807, 2.05) is 11.9 Å². The van der Waals surface area contributed by atoms with Gasteiger partial charge >= 0.3 is 0 Å². The van der Waals surface area contributed by atoms with E-state index in [2.05, 4.69) is 5.32 Å². The van der Waals surface area contributed by atoms with Gasteiger partial charge in [-0.15, -0.1) is 0 Å². The Bertz CT molecular complexity index is 428. The van der Waals surface area contributed by atoms with Crippen molar-refractivity contribution in [2.45, 2.75) is 12.8 Å². The zero-order valence-corrected chi connectivity index (χ0v) is 12.5. The van der Waals surface area contributed by atoms with E-state index in [9.17, 15) is 4.79 Å². The van der Waals surface area contributed by atoms with Crippen LogP contribution in [0.2, 0.25) is 5.02 Å². The van der Waals surface area contributed by atoms with Gasteiger partial charge in [-0.1, -0.05) is 11.6 Å². The summed E-state index contributed by atoms with van der Waals surface area (Å²) in [7, 11) is 1.97. The topological polar surface area (TPSA) is 41.6 Å². The molecule has 1 heterocycles. The molecular weight excluding hydrogens is 276 g/mol. The highest BCUT2D eigenvalue weighted by molar-refractivity contribution is 6.30. The lowest BCUT2D eigenvalue weighted by Gasteiger charge is -2.31. The molecule has 0 aliphatic carbocycles. The smallest absolute Gasteiger partial charge is 0.260 e. The molecule has 0 saturated carbocycles. The Morgan fingerprint density at radius 3 is 2.60 bits per heavy atom. The molecule has 1 aliphatic rings. The van der Waals surface area contributed by atoms with Gasteiger partial charge in [0.2, 0.25) is 0 Å². The maximum absolute atomic E-state index is 12.1. The van der Waals surface area contributed by atoms with Crippen LogP contribution >= 0.6 is 11.6 Å². The van der Waals surface area contributed by atoms with Gasteiger partial charge < -0.3 is 15.0 Å². The number of nitrogens with one attached hydrogen (secondary N) is 1. The molecule has 20 heavy (non-hydrogen) atoms. The lowest BCUT2D eigenvalue weighted by molar-refractivity contribution is -0.134. The predicted molar refractivity (Wildman–Crippen MR) is 80.2 cm³/mol. The van der Waals surface area contributed by atoms with Crippen LogP contribution in [-0.4, -0.2) is 44.1 Å². The summed E-state index contributed by atoms with van der Waals surface area (Å²) in [6.45, 7) is 2.78. The Morgan fingerprint density at radius 2 is 2.00 bits per heavy atom. The van der Waals surface area contributed by atoms with Crippen molar-refractivity contribution in [1.82, 2.24) is 10.2 Å². The molecule has 0 radical (unpaired) electrons. The molecule has 4 nitrogen and oxygen atoms in total. The van der Waals surface area contributed by atoms with Crippen LogP contribution in [0.5, 0.6) is 5.75 Å². The number of carbonyl (C=O) groups excluding carboxylic acids is 1. The number of ether oxygens (including phenoxy) is 1. The summed E-state index contributed by atoms with van der Waals surface area (Å²) >= 11 is 5.80. The van der Waals surface area contributed by atoms with Gasteiger partial charge in [-0.2, -0.15) is 0 Å². The van der Waals surface area contributed by atoms with Crippen LogP contribution in [0.4, 0.5) is 0 Å². The molecule has 1 fully saturated rings. The molecule has 0 spiro atoms. The quantitative estimate of drug-likeness (QED) is 0.905. The Labute approximate surface area is 125 Å². The monoisotopic (exact) mass is 296 g/mol. The zero-order valence-electron chi connectivity index (χ0n) is 11.8. The molecule has 5 heteroatoms. The number of likely N-dealkylation sites (tertiary alicyclic amines) is 1. The fourth-order valence-electron chi connectivity index (χ4n) is 2.44. The van der Waals surface area contributed by atoms with Crippen molar-refractivity contribution in [3.8, 4) is 5.75 Å². The molecule has 0 atom stereocenters. The lowest BCUT2D eigenvalue weighted by atomic mass is 9.97. The molecule has 1 aromatic rings. The molecule has 1 aromatic carbocycles. The SMILES string of the molecule is CNCC1CCN(C(=O)COc2ccc(Cl)cc2)CC1. The molecule has 1 aliphatic heterocycles. The summed E-state index contributed by atoms with van der Waals surface area (Å²) in [5.74, 6) is 1.41. The standard InChI is InChI=1S/C15H21ClN2O2/c1-17-10-12-6-8-18(9-7-12)15(19)11-20-14-4-2-13(16)3-5-14/h2-5,12,17H,6-11H2,1H3. The fraction of sp³-hybridized carbons (Fsp3) is 0.533. The number of halogens is 1. The van der Waals surface area contributed by atoms with Crippen LogP contribution in [0.3, 0.4) is 0 Å². The van der Waals surface area contributed by atoms with Crippen LogP contribution in [0.1, 0.15) is 12.8 Å². The average Bonchev–Trinajstić information content (AvgIpc) is 2.47. The predicted octanol–water partition coefficient (Wildman–Crippen LogP) is 2.18. The van der Waals surface area contributed by atoms with E-state index in [1.165, 1.54) is 0 Å².